The third-order valence-corrected chi connectivity index (χ3v) is 6.25. The Labute approximate surface area is 120 Å². The van der Waals surface area contributed by atoms with Gasteiger partial charge in [-0.3, -0.25) is 9.59 Å². The maximum Gasteiger partial charge on any atom is 0.248 e. The number of rotatable bonds is 2. The first-order valence-corrected chi connectivity index (χ1v) is 8.10. The molecule has 1 heterocycles. The Hall–Kier alpha value is -1.06. The largest absolute Gasteiger partial charge is 0.340 e. The molecule has 4 rings (SSSR count). The first kappa shape index (κ1) is 12.7. The second-order valence-electron chi connectivity index (χ2n) is 7.73. The van der Waals surface area contributed by atoms with Gasteiger partial charge in [-0.2, -0.15) is 0 Å². The van der Waals surface area contributed by atoms with Crippen molar-refractivity contribution in [3.05, 3.63) is 0 Å². The quantitative estimate of drug-likeness (QED) is 0.832. The summed E-state index contributed by atoms with van der Waals surface area (Å²) in [5.74, 6) is 3.22. The minimum atomic E-state index is -0.737. The Morgan fingerprint density at radius 1 is 1.20 bits per heavy atom. The van der Waals surface area contributed by atoms with E-state index in [0.29, 0.717) is 17.9 Å². The van der Waals surface area contributed by atoms with Crippen molar-refractivity contribution in [1.29, 1.82) is 0 Å². The van der Waals surface area contributed by atoms with Gasteiger partial charge in [0.15, 0.2) is 0 Å². The van der Waals surface area contributed by atoms with Gasteiger partial charge in [-0.25, -0.2) is 0 Å². The molecule has 2 bridgehead atoms. The van der Waals surface area contributed by atoms with Gasteiger partial charge in [-0.1, -0.05) is 6.92 Å². The lowest BCUT2D eigenvalue weighted by Crippen LogP contribution is -2.68. The molecular formula is C16H24N2O2. The maximum atomic E-state index is 12.8. The van der Waals surface area contributed by atoms with Crippen LogP contribution in [0.1, 0.15) is 46.5 Å². The van der Waals surface area contributed by atoms with Gasteiger partial charge in [-0.15, -0.1) is 0 Å². The molecule has 4 fully saturated rings. The smallest absolute Gasteiger partial charge is 0.248 e. The Bertz CT molecular complexity index is 471. The Balaban J connectivity index is 1.65. The predicted molar refractivity (Wildman–Crippen MR) is 74.7 cm³/mol. The lowest BCUT2D eigenvalue weighted by Gasteiger charge is -2.43. The fraction of sp³-hybridized carbons (Fsp3) is 0.875. The molecule has 20 heavy (non-hydrogen) atoms. The SMILES string of the molecule is CCC1C(=O)NC(C)(C)C(=O)N1C1C2C3CCC(C3)C21. The Kier molecular flexibility index (Phi) is 2.39. The van der Waals surface area contributed by atoms with E-state index in [-0.39, 0.29) is 17.9 Å². The van der Waals surface area contributed by atoms with Gasteiger partial charge in [0.1, 0.15) is 11.6 Å². The van der Waals surface area contributed by atoms with Gasteiger partial charge < -0.3 is 10.2 Å². The number of fused-ring (bicyclic) bond motifs is 5. The number of hydrogen-bond donors (Lipinski definition) is 1. The van der Waals surface area contributed by atoms with Crippen LogP contribution in [-0.4, -0.2) is 34.3 Å². The molecule has 5 atom stereocenters. The van der Waals surface area contributed by atoms with Crippen molar-refractivity contribution in [1.82, 2.24) is 10.2 Å². The Morgan fingerprint density at radius 3 is 2.35 bits per heavy atom. The highest BCUT2D eigenvalue weighted by Gasteiger charge is 2.69. The van der Waals surface area contributed by atoms with Crippen LogP contribution in [0.2, 0.25) is 0 Å². The average molecular weight is 276 g/mol. The number of carbonyl (C=O) groups is 2. The molecule has 4 aliphatic rings. The van der Waals surface area contributed by atoms with Crippen LogP contribution in [0.3, 0.4) is 0 Å². The summed E-state index contributed by atoms with van der Waals surface area (Å²) >= 11 is 0. The molecule has 2 amide bonds. The number of nitrogens with one attached hydrogen (secondary N) is 1. The standard InChI is InChI=1S/C16H24N2O2/c1-4-10-14(19)17-16(2,3)15(20)18(10)13-11-8-5-6-9(7-8)12(11)13/h8-13H,4-7H2,1-3H3,(H,17,19). The van der Waals surface area contributed by atoms with Crippen molar-refractivity contribution >= 4 is 11.8 Å². The van der Waals surface area contributed by atoms with Crippen molar-refractivity contribution in [3.63, 3.8) is 0 Å². The van der Waals surface area contributed by atoms with Crippen molar-refractivity contribution in [2.24, 2.45) is 23.7 Å². The summed E-state index contributed by atoms with van der Waals surface area (Å²) in [6, 6.07) is 0.120. The molecule has 0 aromatic heterocycles. The van der Waals surface area contributed by atoms with E-state index in [1.807, 2.05) is 25.7 Å². The molecule has 4 nitrogen and oxygen atoms in total. The molecule has 1 aliphatic heterocycles. The van der Waals surface area contributed by atoms with E-state index in [0.717, 1.165) is 18.3 Å². The fourth-order valence-electron chi connectivity index (χ4n) is 5.41. The minimum Gasteiger partial charge on any atom is -0.340 e. The highest BCUT2D eigenvalue weighted by molar-refractivity contribution is 5.99. The van der Waals surface area contributed by atoms with Crippen LogP contribution < -0.4 is 5.32 Å². The summed E-state index contributed by atoms with van der Waals surface area (Å²) in [6.45, 7) is 5.67. The van der Waals surface area contributed by atoms with Crippen molar-refractivity contribution in [2.75, 3.05) is 0 Å². The lowest BCUT2D eigenvalue weighted by atomic mass is 9.94. The molecule has 0 aromatic rings. The minimum absolute atomic E-state index is 0.0365. The Morgan fingerprint density at radius 2 is 1.80 bits per heavy atom. The topological polar surface area (TPSA) is 49.4 Å². The van der Waals surface area contributed by atoms with Gasteiger partial charge in [0, 0.05) is 6.04 Å². The molecule has 110 valence electrons. The van der Waals surface area contributed by atoms with E-state index in [1.165, 1.54) is 19.3 Å². The van der Waals surface area contributed by atoms with Crippen LogP contribution in [0.5, 0.6) is 0 Å². The molecule has 3 saturated carbocycles. The predicted octanol–water partition coefficient (Wildman–Crippen LogP) is 1.55. The zero-order valence-electron chi connectivity index (χ0n) is 12.6. The molecular weight excluding hydrogens is 252 g/mol. The molecule has 3 aliphatic carbocycles. The summed E-state index contributed by atoms with van der Waals surface area (Å²) in [5, 5.41) is 2.89. The van der Waals surface area contributed by atoms with E-state index in [9.17, 15) is 9.59 Å². The maximum absolute atomic E-state index is 12.8. The van der Waals surface area contributed by atoms with Crippen LogP contribution in [-0.2, 0) is 9.59 Å². The van der Waals surface area contributed by atoms with E-state index in [2.05, 4.69) is 5.32 Å². The summed E-state index contributed by atoms with van der Waals surface area (Å²) in [4.78, 5) is 27.1. The van der Waals surface area contributed by atoms with Crippen LogP contribution in [0.4, 0.5) is 0 Å². The second kappa shape index (κ2) is 3.77. The van der Waals surface area contributed by atoms with Gasteiger partial charge in [0.25, 0.3) is 0 Å². The molecule has 1 N–H and O–H groups in total. The van der Waals surface area contributed by atoms with Crippen molar-refractivity contribution < 1.29 is 9.59 Å². The third kappa shape index (κ3) is 1.43. The summed E-state index contributed by atoms with van der Waals surface area (Å²) in [6.07, 6.45) is 4.78. The molecule has 4 heteroatoms. The number of nitrogens with zero attached hydrogens (tertiary/aromatic N) is 1. The first-order chi connectivity index (χ1) is 9.45. The van der Waals surface area contributed by atoms with Crippen LogP contribution in [0.15, 0.2) is 0 Å². The number of amides is 2. The number of hydrogen-bond acceptors (Lipinski definition) is 2. The lowest BCUT2D eigenvalue weighted by molar-refractivity contribution is -0.155. The van der Waals surface area contributed by atoms with Crippen LogP contribution in [0, 0.1) is 23.7 Å². The van der Waals surface area contributed by atoms with E-state index in [4.69, 9.17) is 0 Å². The summed E-state index contributed by atoms with van der Waals surface area (Å²) in [5.41, 5.74) is -0.737. The monoisotopic (exact) mass is 276 g/mol. The highest BCUT2D eigenvalue weighted by atomic mass is 16.2. The summed E-state index contributed by atoms with van der Waals surface area (Å²) in [7, 11) is 0. The van der Waals surface area contributed by atoms with E-state index in [1.54, 1.807) is 0 Å². The molecule has 5 unspecified atom stereocenters. The molecule has 0 spiro atoms. The van der Waals surface area contributed by atoms with Crippen LogP contribution >= 0.6 is 0 Å². The normalized spacial score (nSPS) is 48.2. The average Bonchev–Trinajstić information content (AvgIpc) is 2.79. The summed E-state index contributed by atoms with van der Waals surface area (Å²) < 4.78 is 0. The van der Waals surface area contributed by atoms with Gasteiger partial charge >= 0.3 is 0 Å². The fourth-order valence-corrected chi connectivity index (χ4v) is 5.41. The first-order valence-electron chi connectivity index (χ1n) is 8.10. The van der Waals surface area contributed by atoms with E-state index < -0.39 is 5.54 Å². The number of carbonyl (C=O) groups excluding carboxylic acids is 2. The van der Waals surface area contributed by atoms with Gasteiger partial charge in [0.05, 0.1) is 0 Å². The molecule has 0 radical (unpaired) electrons. The van der Waals surface area contributed by atoms with E-state index >= 15 is 0 Å². The zero-order valence-corrected chi connectivity index (χ0v) is 12.6. The van der Waals surface area contributed by atoms with Crippen molar-refractivity contribution in [3.8, 4) is 0 Å². The van der Waals surface area contributed by atoms with Gasteiger partial charge in [-0.05, 0) is 63.2 Å². The zero-order chi connectivity index (χ0) is 14.2. The molecule has 0 aromatic carbocycles. The highest BCUT2D eigenvalue weighted by Crippen LogP contribution is 2.67. The van der Waals surface area contributed by atoms with Gasteiger partial charge in [0.2, 0.25) is 11.8 Å². The second-order valence-corrected chi connectivity index (χ2v) is 7.73. The van der Waals surface area contributed by atoms with Crippen molar-refractivity contribution in [2.45, 2.75) is 64.1 Å². The molecule has 1 saturated heterocycles. The third-order valence-electron chi connectivity index (χ3n) is 6.25. The number of piperazine rings is 1. The van der Waals surface area contributed by atoms with Crippen LogP contribution in [0.25, 0.3) is 0 Å².